The highest BCUT2D eigenvalue weighted by Gasteiger charge is 2.28. The van der Waals surface area contributed by atoms with Gasteiger partial charge in [0, 0.05) is 19.7 Å². The van der Waals surface area contributed by atoms with E-state index < -0.39 is 17.5 Å². The van der Waals surface area contributed by atoms with Gasteiger partial charge in [-0.05, 0) is 31.4 Å². The number of aryl methyl sites for hydroxylation is 1. The summed E-state index contributed by atoms with van der Waals surface area (Å²) in [5, 5.41) is 7.01. The van der Waals surface area contributed by atoms with Crippen LogP contribution in [0.4, 0.5) is 19.5 Å². The van der Waals surface area contributed by atoms with E-state index in [1.165, 1.54) is 12.3 Å². The van der Waals surface area contributed by atoms with Gasteiger partial charge in [-0.2, -0.15) is 5.10 Å². The van der Waals surface area contributed by atoms with Gasteiger partial charge in [-0.3, -0.25) is 9.48 Å². The largest absolute Gasteiger partial charge is 0.389 e. The lowest BCUT2D eigenvalue weighted by Crippen LogP contribution is -2.23. The zero-order valence-electron chi connectivity index (χ0n) is 16.8. The number of benzene rings is 1. The van der Waals surface area contributed by atoms with Crippen LogP contribution >= 0.6 is 11.3 Å². The second-order valence-corrected chi connectivity index (χ2v) is 8.38. The Hall–Kier alpha value is -2.89. The maximum Gasteiger partial charge on any atom is 0.277 e. The second-order valence-electron chi connectivity index (χ2n) is 7.35. The normalized spacial score (nSPS) is 19.2. The molecule has 1 aliphatic heterocycles. The summed E-state index contributed by atoms with van der Waals surface area (Å²) in [6.45, 7) is 0.563. The minimum atomic E-state index is -0.780. The van der Waals surface area contributed by atoms with Crippen molar-refractivity contribution in [2.24, 2.45) is 12.8 Å². The number of hydrogen-bond acceptors (Lipinski definition) is 7. The van der Waals surface area contributed by atoms with Crippen molar-refractivity contribution < 1.29 is 18.3 Å². The van der Waals surface area contributed by atoms with Crippen LogP contribution in [0, 0.1) is 11.6 Å². The minimum absolute atomic E-state index is 0.0114. The van der Waals surface area contributed by atoms with Gasteiger partial charge in [0.05, 0.1) is 23.1 Å². The number of rotatable bonds is 4. The predicted octanol–water partition coefficient (Wildman–Crippen LogP) is 3.23. The zero-order chi connectivity index (χ0) is 22.1. The minimum Gasteiger partial charge on any atom is -0.389 e. The third kappa shape index (κ3) is 4.29. The number of nitrogens with one attached hydrogen (secondary N) is 1. The first-order valence-electron chi connectivity index (χ1n) is 9.76. The summed E-state index contributed by atoms with van der Waals surface area (Å²) in [6.07, 6.45) is 3.50. The Kier molecular flexibility index (Phi) is 5.99. The van der Waals surface area contributed by atoms with Crippen LogP contribution in [0.25, 0.3) is 10.6 Å². The Morgan fingerprint density at radius 2 is 2.10 bits per heavy atom. The first-order chi connectivity index (χ1) is 14.8. The van der Waals surface area contributed by atoms with Gasteiger partial charge in [-0.25, -0.2) is 13.8 Å². The summed E-state index contributed by atoms with van der Waals surface area (Å²) in [7, 11) is 1.75. The van der Waals surface area contributed by atoms with Crippen molar-refractivity contribution in [3.05, 3.63) is 47.4 Å². The fourth-order valence-corrected chi connectivity index (χ4v) is 4.51. The highest BCUT2D eigenvalue weighted by molar-refractivity contribution is 7.19. The highest BCUT2D eigenvalue weighted by atomic mass is 32.1. The number of hydrogen-bond donors (Lipinski definition) is 3. The summed E-state index contributed by atoms with van der Waals surface area (Å²) < 4.78 is 35.8. The molecule has 0 saturated carbocycles. The molecule has 8 nitrogen and oxygen atoms in total. The van der Waals surface area contributed by atoms with Gasteiger partial charge in [0.25, 0.3) is 5.91 Å². The van der Waals surface area contributed by atoms with E-state index in [1.807, 2.05) is 0 Å². The number of carbonyl (C=O) groups is 1. The van der Waals surface area contributed by atoms with E-state index in [0.29, 0.717) is 24.4 Å². The van der Waals surface area contributed by atoms with E-state index in [4.69, 9.17) is 16.2 Å². The number of nitrogen functional groups attached to an aromatic ring is 1. The van der Waals surface area contributed by atoms with E-state index in [9.17, 15) is 13.6 Å². The summed E-state index contributed by atoms with van der Waals surface area (Å²) in [5.74, 6) is -2.17. The Morgan fingerprint density at radius 3 is 2.84 bits per heavy atom. The molecule has 1 aromatic carbocycles. The van der Waals surface area contributed by atoms with Crippen molar-refractivity contribution in [2.45, 2.75) is 31.4 Å². The summed E-state index contributed by atoms with van der Waals surface area (Å²) >= 11 is 0.839. The van der Waals surface area contributed by atoms with Crippen molar-refractivity contribution in [3.63, 3.8) is 0 Å². The lowest BCUT2D eigenvalue weighted by Gasteiger charge is -2.19. The van der Waals surface area contributed by atoms with Gasteiger partial charge in [0.1, 0.15) is 27.7 Å². The molecule has 2 aromatic heterocycles. The monoisotopic (exact) mass is 448 g/mol. The van der Waals surface area contributed by atoms with Gasteiger partial charge in [-0.1, -0.05) is 17.4 Å². The van der Waals surface area contributed by atoms with Crippen LogP contribution in [0.3, 0.4) is 0 Å². The molecule has 31 heavy (non-hydrogen) atoms. The third-order valence-electron chi connectivity index (χ3n) is 5.14. The molecule has 1 amide bonds. The second kappa shape index (κ2) is 8.69. The van der Waals surface area contributed by atoms with E-state index >= 15 is 0 Å². The lowest BCUT2D eigenvalue weighted by molar-refractivity contribution is 0.0517. The van der Waals surface area contributed by atoms with Crippen LogP contribution in [-0.4, -0.2) is 33.3 Å². The molecule has 2 atom stereocenters. The third-order valence-corrected chi connectivity index (χ3v) is 6.04. The maximum absolute atomic E-state index is 14.1. The van der Waals surface area contributed by atoms with Crippen LogP contribution in [0.2, 0.25) is 0 Å². The summed E-state index contributed by atoms with van der Waals surface area (Å²) in [4.78, 5) is 17.0. The first-order valence-corrected chi connectivity index (χ1v) is 10.6. The lowest BCUT2D eigenvalue weighted by atomic mass is 10.0. The molecule has 0 radical (unpaired) electrons. The topological polar surface area (TPSA) is 121 Å². The molecule has 4 rings (SSSR count). The SMILES string of the molecule is Cn1ncc(NC(=O)c2nc(-c3c(F)cccc3F)sc2N)c1C1CC(N)CCCO1. The number of carbonyl (C=O) groups excluding carboxylic acids is 1. The number of anilines is 2. The Labute approximate surface area is 181 Å². The molecular weight excluding hydrogens is 426 g/mol. The molecule has 3 aromatic rings. The number of aromatic nitrogens is 3. The fourth-order valence-electron chi connectivity index (χ4n) is 3.63. The average Bonchev–Trinajstić information content (AvgIpc) is 3.18. The molecule has 5 N–H and O–H groups in total. The molecule has 164 valence electrons. The summed E-state index contributed by atoms with van der Waals surface area (Å²) in [5.41, 5.74) is 12.8. The van der Waals surface area contributed by atoms with E-state index in [2.05, 4.69) is 15.4 Å². The molecule has 3 heterocycles. The van der Waals surface area contributed by atoms with Crippen LogP contribution in [0.1, 0.15) is 41.5 Å². The quantitative estimate of drug-likeness (QED) is 0.564. The smallest absolute Gasteiger partial charge is 0.277 e. The van der Waals surface area contributed by atoms with Gasteiger partial charge >= 0.3 is 0 Å². The molecule has 1 fully saturated rings. The molecule has 0 bridgehead atoms. The molecule has 0 spiro atoms. The Balaban J connectivity index is 1.61. The van der Waals surface area contributed by atoms with Crippen LogP contribution in [-0.2, 0) is 11.8 Å². The van der Waals surface area contributed by atoms with Crippen molar-refractivity contribution in [1.82, 2.24) is 14.8 Å². The van der Waals surface area contributed by atoms with Gasteiger partial charge in [0.2, 0.25) is 0 Å². The van der Waals surface area contributed by atoms with Crippen molar-refractivity contribution in [3.8, 4) is 10.6 Å². The molecule has 0 aliphatic carbocycles. The van der Waals surface area contributed by atoms with Crippen molar-refractivity contribution in [1.29, 1.82) is 0 Å². The summed E-state index contributed by atoms with van der Waals surface area (Å²) in [6, 6.07) is 3.48. The molecule has 1 saturated heterocycles. The predicted molar refractivity (Wildman–Crippen MR) is 114 cm³/mol. The first kappa shape index (κ1) is 21.3. The number of nitrogens with two attached hydrogens (primary N) is 2. The fraction of sp³-hybridized carbons (Fsp3) is 0.350. The number of halogens is 2. The van der Waals surface area contributed by atoms with E-state index in [0.717, 1.165) is 36.3 Å². The number of amides is 1. The Bertz CT molecular complexity index is 1100. The van der Waals surface area contributed by atoms with E-state index in [-0.39, 0.29) is 33.4 Å². The molecule has 11 heteroatoms. The van der Waals surface area contributed by atoms with Crippen molar-refractivity contribution >= 4 is 27.9 Å². The number of thiazole rings is 1. The maximum atomic E-state index is 14.1. The number of nitrogens with zero attached hydrogens (tertiary/aromatic N) is 3. The molecule has 2 unspecified atom stereocenters. The molecular formula is C20H22F2N6O2S. The standard InChI is InChI=1S/C20H22F2N6O2S/c1-28-17(14-8-10(23)4-3-7-30-14)13(9-25-28)26-19(29)16-18(24)31-20(27-16)15-11(21)5-2-6-12(15)22/h2,5-6,9-10,14H,3-4,7-8,23-24H2,1H3,(H,26,29). The van der Waals surface area contributed by atoms with Crippen LogP contribution in [0.15, 0.2) is 24.4 Å². The van der Waals surface area contributed by atoms with Crippen LogP contribution in [0.5, 0.6) is 0 Å². The zero-order valence-corrected chi connectivity index (χ0v) is 17.6. The number of ether oxygens (including phenoxy) is 1. The van der Waals surface area contributed by atoms with E-state index in [1.54, 1.807) is 11.7 Å². The van der Waals surface area contributed by atoms with Gasteiger partial charge < -0.3 is 21.5 Å². The van der Waals surface area contributed by atoms with Crippen LogP contribution < -0.4 is 16.8 Å². The average molecular weight is 448 g/mol. The molecule has 1 aliphatic rings. The Morgan fingerprint density at radius 1 is 1.35 bits per heavy atom. The van der Waals surface area contributed by atoms with Crippen molar-refractivity contribution in [2.75, 3.05) is 17.7 Å². The van der Waals surface area contributed by atoms with Gasteiger partial charge in [-0.15, -0.1) is 0 Å². The highest BCUT2D eigenvalue weighted by Crippen LogP contribution is 2.35. The van der Waals surface area contributed by atoms with Gasteiger partial charge in [0.15, 0.2) is 5.69 Å².